The number of halogens is 6. The zero-order valence-electron chi connectivity index (χ0n) is 34.6. The molecule has 2 unspecified atom stereocenters. The average molecular weight is 994 g/mol. The maximum atomic E-state index is 12.0. The fourth-order valence-electron chi connectivity index (χ4n) is 5.66. The van der Waals surface area contributed by atoms with Gasteiger partial charge in [-0.1, -0.05) is 46.4 Å². The van der Waals surface area contributed by atoms with Crippen LogP contribution in [0.1, 0.15) is 55.4 Å². The third-order valence-corrected chi connectivity index (χ3v) is 11.9. The number of thiophene rings is 2. The number of carbonyl (C=O) groups is 4. The first-order chi connectivity index (χ1) is 28.2. The van der Waals surface area contributed by atoms with E-state index in [0.717, 1.165) is 32.3 Å². The van der Waals surface area contributed by atoms with Crippen molar-refractivity contribution < 1.29 is 48.3 Å². The van der Waals surface area contributed by atoms with Gasteiger partial charge in [-0.25, -0.2) is 9.59 Å². The van der Waals surface area contributed by atoms with Crippen molar-refractivity contribution in [2.45, 2.75) is 53.6 Å². The number of anilines is 2. The number of carbonyl (C=O) groups excluding carboxylic acids is 2. The molecule has 0 aliphatic carbocycles. The number of rotatable bonds is 14. The first kappa shape index (κ1) is 55.0. The Hall–Kier alpha value is -3.02. The minimum absolute atomic E-state index is 0.0111. The monoisotopic (exact) mass is 990 g/mol. The zero-order valence-corrected chi connectivity index (χ0v) is 40.8. The number of aromatic carboxylic acids is 2. The second kappa shape index (κ2) is 27.1. The van der Waals surface area contributed by atoms with Crippen LogP contribution in [0.3, 0.4) is 0 Å². The molecule has 0 saturated heterocycles. The second-order valence-corrected chi connectivity index (χ2v) is 16.9. The molecule has 2 aromatic carbocycles. The van der Waals surface area contributed by atoms with E-state index in [-0.39, 0.29) is 78.4 Å². The predicted molar refractivity (Wildman–Crippen MR) is 247 cm³/mol. The van der Waals surface area contributed by atoms with E-state index in [2.05, 4.69) is 10.8 Å². The van der Waals surface area contributed by atoms with Crippen molar-refractivity contribution in [3.05, 3.63) is 87.1 Å². The molecular weight excluding hydrogens is 945 g/mol. The highest BCUT2D eigenvalue weighted by Gasteiger charge is 2.26. The van der Waals surface area contributed by atoms with E-state index in [1.807, 2.05) is 41.5 Å². The van der Waals surface area contributed by atoms with Crippen LogP contribution in [0, 0.1) is 27.7 Å². The molecule has 2 N–H and O–H groups in total. The van der Waals surface area contributed by atoms with E-state index >= 15 is 0 Å². The molecule has 60 heavy (non-hydrogen) atoms. The minimum Gasteiger partial charge on any atom is -0.494 e. The quantitative estimate of drug-likeness (QED) is 0.117. The Labute approximate surface area is 388 Å². The molecule has 2 amide bonds. The summed E-state index contributed by atoms with van der Waals surface area (Å²) in [4.78, 5) is 51.2. The standard InChI is InChI=1S/2C12H18ClNO2S.2C8H6Cl2O3/c2*1-8-7-17-10(3)12(8)14(11(15)5-13)9(2)6-16-4;2*1-13-7-5(10)3-2-4(9)6(7)8(11)12/h2*7,9H,5-6H2,1-4H3;2*2-3H,1H3,(H,11,12). The van der Waals surface area contributed by atoms with Crippen LogP contribution < -0.4 is 19.3 Å². The number of hydrogen-bond acceptors (Lipinski definition) is 10. The van der Waals surface area contributed by atoms with Crippen molar-refractivity contribution in [1.82, 2.24) is 0 Å². The molecule has 0 radical (unpaired) electrons. The van der Waals surface area contributed by atoms with Gasteiger partial charge in [-0.15, -0.1) is 45.9 Å². The topological polar surface area (TPSA) is 152 Å². The molecule has 0 saturated carbocycles. The molecule has 2 heterocycles. The van der Waals surface area contributed by atoms with E-state index in [4.69, 9.17) is 98.8 Å². The summed E-state index contributed by atoms with van der Waals surface area (Å²) in [7, 11) is 5.94. The van der Waals surface area contributed by atoms with Crippen molar-refractivity contribution >= 4 is 127 Å². The van der Waals surface area contributed by atoms with Crippen molar-refractivity contribution in [3.8, 4) is 11.5 Å². The van der Waals surface area contributed by atoms with E-state index in [0.29, 0.717) is 13.2 Å². The van der Waals surface area contributed by atoms with Gasteiger partial charge in [0.25, 0.3) is 0 Å². The van der Waals surface area contributed by atoms with E-state index in [9.17, 15) is 19.2 Å². The van der Waals surface area contributed by atoms with E-state index < -0.39 is 11.9 Å². The van der Waals surface area contributed by atoms with Crippen LogP contribution in [0.2, 0.25) is 20.1 Å². The molecule has 0 spiro atoms. The zero-order chi connectivity index (χ0) is 46.0. The summed E-state index contributed by atoms with van der Waals surface area (Å²) < 4.78 is 19.9. The number of alkyl halides is 2. The number of hydrogen-bond donors (Lipinski definition) is 2. The lowest BCUT2D eigenvalue weighted by Crippen LogP contribution is -2.42. The molecule has 2 aromatic heterocycles. The second-order valence-electron chi connectivity index (χ2n) is 12.5. The Balaban J connectivity index is 0.000000403. The van der Waals surface area contributed by atoms with Crippen LogP contribution in [0.5, 0.6) is 11.5 Å². The molecule has 4 rings (SSSR count). The lowest BCUT2D eigenvalue weighted by molar-refractivity contribution is -0.117. The summed E-state index contributed by atoms with van der Waals surface area (Å²) in [5, 5.41) is 22.3. The molecule has 20 heteroatoms. The fourth-order valence-corrected chi connectivity index (χ4v) is 8.52. The number of carboxylic acid groups (broad SMARTS) is 2. The van der Waals surface area contributed by atoms with Crippen LogP contribution in [0.4, 0.5) is 11.4 Å². The first-order valence-electron chi connectivity index (χ1n) is 17.5. The summed E-state index contributed by atoms with van der Waals surface area (Å²) in [5.74, 6) is -2.34. The van der Waals surface area contributed by atoms with Crippen LogP contribution in [-0.4, -0.2) is 99.5 Å². The van der Waals surface area contributed by atoms with Gasteiger partial charge >= 0.3 is 11.9 Å². The SMILES string of the molecule is COCC(C)N(C(=O)CCl)c1c(C)csc1C.COCC(C)N(C(=O)CCl)c1c(C)csc1C.COc1c(Cl)ccc(Cl)c1C(=O)O.COc1c(Cl)ccc(Cl)c1C(=O)O. The highest BCUT2D eigenvalue weighted by atomic mass is 35.5. The number of methoxy groups -OCH3 is 4. The summed E-state index contributed by atoms with van der Waals surface area (Å²) in [6.45, 7) is 13.0. The summed E-state index contributed by atoms with van der Waals surface area (Å²) >= 11 is 37.4. The Morgan fingerprint density at radius 2 is 0.900 bits per heavy atom. The first-order valence-corrected chi connectivity index (χ1v) is 21.9. The van der Waals surface area contributed by atoms with E-state index in [1.54, 1.807) is 46.7 Å². The number of benzene rings is 2. The lowest BCUT2D eigenvalue weighted by atomic mass is 10.2. The third-order valence-electron chi connectivity index (χ3n) is 8.14. The molecular formula is C40H48Cl6N2O10S2. The highest BCUT2D eigenvalue weighted by molar-refractivity contribution is 7.11. The minimum atomic E-state index is -1.16. The number of nitrogens with zero attached hydrogens (tertiary/aromatic N) is 2. The van der Waals surface area contributed by atoms with Gasteiger partial charge in [0.2, 0.25) is 11.8 Å². The molecule has 332 valence electrons. The fraction of sp³-hybridized carbons (Fsp3) is 0.400. The van der Waals surface area contributed by atoms with Crippen molar-refractivity contribution in [2.75, 3.05) is 63.2 Å². The van der Waals surface area contributed by atoms with Gasteiger partial charge in [0, 0.05) is 24.0 Å². The Morgan fingerprint density at radius 1 is 0.600 bits per heavy atom. The van der Waals surface area contributed by atoms with Gasteiger partial charge in [0.15, 0.2) is 11.5 Å². The number of aryl methyl sites for hydroxylation is 4. The molecule has 2 atom stereocenters. The van der Waals surface area contributed by atoms with E-state index in [1.165, 1.54) is 38.5 Å². The van der Waals surface area contributed by atoms with Crippen molar-refractivity contribution in [3.63, 3.8) is 0 Å². The van der Waals surface area contributed by atoms with Gasteiger partial charge in [-0.3, -0.25) is 9.59 Å². The van der Waals surface area contributed by atoms with Crippen LogP contribution >= 0.6 is 92.3 Å². The van der Waals surface area contributed by atoms with Crippen LogP contribution in [-0.2, 0) is 19.1 Å². The largest absolute Gasteiger partial charge is 0.494 e. The molecule has 0 aliphatic heterocycles. The molecule has 0 fully saturated rings. The van der Waals surface area contributed by atoms with Gasteiger partial charge in [0.1, 0.15) is 22.9 Å². The number of carboxylic acids is 2. The average Bonchev–Trinajstić information content (AvgIpc) is 3.71. The van der Waals surface area contributed by atoms with Crippen molar-refractivity contribution in [1.29, 1.82) is 0 Å². The third kappa shape index (κ3) is 15.1. The maximum absolute atomic E-state index is 12.0. The maximum Gasteiger partial charge on any atom is 0.341 e. The van der Waals surface area contributed by atoms with Gasteiger partial charge < -0.3 is 39.0 Å². The predicted octanol–water partition coefficient (Wildman–Crippen LogP) is 11.3. The summed E-state index contributed by atoms with van der Waals surface area (Å²) in [6.07, 6.45) is 0. The molecule has 4 aromatic rings. The van der Waals surface area contributed by atoms with Gasteiger partial charge in [-0.2, -0.15) is 0 Å². The summed E-state index contributed by atoms with van der Waals surface area (Å²) in [6, 6.07) is 5.76. The molecule has 0 aliphatic rings. The normalized spacial score (nSPS) is 11.3. The smallest absolute Gasteiger partial charge is 0.341 e. The van der Waals surface area contributed by atoms with Gasteiger partial charge in [-0.05, 0) is 87.7 Å². The Kier molecular flexibility index (Phi) is 24.9. The van der Waals surface area contributed by atoms with Crippen LogP contribution in [0.25, 0.3) is 0 Å². The lowest BCUT2D eigenvalue weighted by Gasteiger charge is -2.29. The Bertz CT molecular complexity index is 1880. The molecule has 12 nitrogen and oxygen atoms in total. The molecule has 0 bridgehead atoms. The van der Waals surface area contributed by atoms with Gasteiger partial charge in [0.05, 0.1) is 71.0 Å². The number of ether oxygens (including phenoxy) is 4. The van der Waals surface area contributed by atoms with Crippen molar-refractivity contribution in [2.24, 2.45) is 0 Å². The van der Waals surface area contributed by atoms with Crippen LogP contribution in [0.15, 0.2) is 35.0 Å². The Morgan fingerprint density at radius 3 is 1.10 bits per heavy atom. The highest BCUT2D eigenvalue weighted by Crippen LogP contribution is 2.36. The number of amides is 2. The summed E-state index contributed by atoms with van der Waals surface area (Å²) in [5.41, 5.74) is 3.94.